The van der Waals surface area contributed by atoms with Gasteiger partial charge in [0.15, 0.2) is 16.6 Å². The Labute approximate surface area is 805 Å². The van der Waals surface area contributed by atoms with Gasteiger partial charge in [0.1, 0.15) is 0 Å². The van der Waals surface area contributed by atoms with Gasteiger partial charge < -0.3 is 126 Å². The number of rotatable bonds is 59. The predicted molar refractivity (Wildman–Crippen MR) is 580 cm³/mol. The number of carbonyl (C=O) groups excluding carboxylic acids is 2. The van der Waals surface area contributed by atoms with Crippen molar-refractivity contribution in [1.29, 1.82) is 0 Å². The summed E-state index contributed by atoms with van der Waals surface area (Å²) in [7, 11) is -73.9. The molecule has 0 aliphatic heterocycles. The third kappa shape index (κ3) is 67.0. The molecule has 0 bridgehead atoms. The molecular formula is C68H190O32Si27. The topological polar surface area (TPSA) is 311 Å². The maximum atomic E-state index is 11.5. The van der Waals surface area contributed by atoms with E-state index >= 15 is 0 Å². The molecule has 0 fully saturated rings. The first kappa shape index (κ1) is 134. The second kappa shape index (κ2) is 49.2. The van der Waals surface area contributed by atoms with Crippen LogP contribution in [0.4, 0.5) is 9.59 Å². The molecule has 0 radical (unpaired) electrons. The highest BCUT2D eigenvalue weighted by atomic mass is 28.6. The van der Waals surface area contributed by atoms with Crippen LogP contribution in [-0.2, 0) is 126 Å². The molecule has 0 atom stereocenters. The normalized spacial score (nSPS) is 15.1. The summed E-state index contributed by atoms with van der Waals surface area (Å²) in [4.78, 5) is 21.4. The van der Waals surface area contributed by atoms with E-state index in [-0.39, 0.29) is 8.03 Å². The summed E-state index contributed by atoms with van der Waals surface area (Å²) < 4.78 is 198. The lowest BCUT2D eigenvalue weighted by atomic mass is 10.4. The summed E-state index contributed by atoms with van der Waals surface area (Å²) in [5.41, 5.74) is 0. The molecule has 0 rings (SSSR count). The molecular weight excluding hydrogens is 2090 g/mol. The van der Waals surface area contributed by atoms with E-state index in [4.69, 9.17) is 112 Å². The van der Waals surface area contributed by atoms with Gasteiger partial charge in [-0.1, -0.05) is 33.4 Å². The first-order valence-electron chi connectivity index (χ1n) is 44.2. The smallest absolute Gasteiger partial charge is 0.437 e. The van der Waals surface area contributed by atoms with E-state index < -0.39 is 243 Å². The molecule has 0 amide bonds. The van der Waals surface area contributed by atoms with E-state index in [0.29, 0.717) is 6.42 Å². The highest BCUT2D eigenvalue weighted by molar-refractivity contribution is 6.98. The maximum absolute atomic E-state index is 11.5. The Balaban J connectivity index is -0.00000729. The van der Waals surface area contributed by atoms with Crippen molar-refractivity contribution in [2.24, 2.45) is 0 Å². The van der Waals surface area contributed by atoms with Gasteiger partial charge in [0.25, 0.3) is 0 Å². The largest absolute Gasteiger partial charge is 0.513 e. The summed E-state index contributed by atoms with van der Waals surface area (Å²) in [5, 5.41) is 0. The molecule has 0 aliphatic carbocycles. The molecule has 0 heterocycles. The fourth-order valence-corrected chi connectivity index (χ4v) is 157. The number of hydrogen-bond acceptors (Lipinski definition) is 32. The Morgan fingerprint density at radius 2 is 0.331 bits per heavy atom. The minimum Gasteiger partial charge on any atom is -0.437 e. The maximum Gasteiger partial charge on any atom is 0.513 e. The zero-order valence-electron chi connectivity index (χ0n) is 91.0. The van der Waals surface area contributed by atoms with Crippen LogP contribution in [0.25, 0.3) is 0 Å². The second-order valence-electron chi connectivity index (χ2n) is 44.1. The van der Waals surface area contributed by atoms with Crippen molar-refractivity contribution >= 4 is 243 Å². The van der Waals surface area contributed by atoms with Crippen molar-refractivity contribution in [1.82, 2.24) is 0 Å². The zero-order chi connectivity index (χ0) is 102. The van der Waals surface area contributed by atoms with Crippen molar-refractivity contribution in [3.63, 3.8) is 0 Å². The highest BCUT2D eigenvalue weighted by Gasteiger charge is 2.57. The first-order chi connectivity index (χ1) is 55.1. The number of methoxy groups -OCH3 is 1. The van der Waals surface area contributed by atoms with Crippen molar-refractivity contribution in [2.45, 2.75) is 393 Å². The Morgan fingerprint density at radius 1 is 0.205 bits per heavy atom. The molecule has 0 saturated heterocycles. The van der Waals surface area contributed by atoms with Gasteiger partial charge in [-0.3, -0.25) is 0 Å². The summed E-state index contributed by atoms with van der Waals surface area (Å²) in [6, 6.07) is 0.886. The van der Waals surface area contributed by atoms with Crippen LogP contribution in [0.3, 0.4) is 0 Å². The van der Waals surface area contributed by atoms with Gasteiger partial charge in [-0.2, -0.15) is 0 Å². The molecule has 0 unspecified atom stereocenters. The van der Waals surface area contributed by atoms with E-state index in [1.54, 1.807) is 0 Å². The molecule has 32 nitrogen and oxygen atoms in total. The van der Waals surface area contributed by atoms with Crippen molar-refractivity contribution in [2.75, 3.05) is 13.7 Å². The van der Waals surface area contributed by atoms with Crippen molar-refractivity contribution < 1.29 is 137 Å². The van der Waals surface area contributed by atoms with Crippen LogP contribution in [0.1, 0.15) is 28.1 Å². The monoisotopic (exact) mass is 2270 g/mol. The molecule has 0 spiro atoms. The molecule has 0 aliphatic rings. The van der Waals surface area contributed by atoms with E-state index in [0.717, 1.165) is 25.0 Å². The minimum absolute atomic E-state index is 0. The van der Waals surface area contributed by atoms with Gasteiger partial charge in [0.05, 0.1) is 26.2 Å². The van der Waals surface area contributed by atoms with E-state index in [1.807, 2.05) is 158 Å². The molecule has 0 aromatic rings. The number of carbonyl (C=O) groups is 2. The molecule has 127 heavy (non-hydrogen) atoms. The molecule has 59 heteroatoms. The third-order valence-corrected chi connectivity index (χ3v) is 119. The van der Waals surface area contributed by atoms with Crippen LogP contribution in [-0.4, -0.2) is 257 Å². The number of ether oxygens (including phenoxy) is 4. The molecule has 0 N–H and O–H groups in total. The fourth-order valence-electron chi connectivity index (χ4n) is 17.2. The predicted octanol–water partition coefficient (Wildman–Crippen LogP) is 24.3. The quantitative estimate of drug-likeness (QED) is 0.0236. The molecule has 0 aromatic heterocycles. The molecule has 762 valence electrons. The van der Waals surface area contributed by atoms with Crippen LogP contribution in [0.15, 0.2) is 25.7 Å². The Kier molecular flexibility index (Phi) is 51.9. The minimum atomic E-state index is -2.93. The second-order valence-corrected chi connectivity index (χ2v) is 144. The average Bonchev–Trinajstić information content (AvgIpc) is 0.797. The van der Waals surface area contributed by atoms with Crippen molar-refractivity contribution in [3.05, 3.63) is 25.7 Å². The lowest BCUT2D eigenvalue weighted by Gasteiger charge is -2.45. The van der Waals surface area contributed by atoms with Crippen LogP contribution < -0.4 is 0 Å². The number of unbranched alkanes of at least 4 members (excludes halogenated alkanes) is 1. The van der Waals surface area contributed by atoms with Gasteiger partial charge in [-0.15, -0.1) is 0 Å². The first-order valence-corrected chi connectivity index (χ1v) is 121. The van der Waals surface area contributed by atoms with E-state index in [9.17, 15) is 9.59 Å². The van der Waals surface area contributed by atoms with Gasteiger partial charge in [0, 0.05) is 1.43 Å². The summed E-state index contributed by atoms with van der Waals surface area (Å²) >= 11 is 0. The Hall–Kier alpha value is 2.84. The third-order valence-electron chi connectivity index (χ3n) is 14.8. The van der Waals surface area contributed by atoms with E-state index in [1.165, 1.54) is 7.11 Å². The standard InChI is InChI=1S/C62H176O29Si27.C4H6O3.C2H6.H2/c1-57-64-62(63)65-60-58-59-61-93(5,6)67-95(9,10)69-97(13,14)71-99(17,18)73-101(21,22)75-103(25,26)77-105(29,30)79-107(33,34)81-109(37,38)83-111(41,42)85-113(45,46)87-115(49,50)89-117(53,54)91-118(55,56)90-116(51,52)88-114(47,48)86-112(43,44)84-110(39,40)82-108(35,36)80-106(31,32)78-104(27,28)76-102(23,24)74-100(19,20)72-98(15,16)70-96(11,12)68-94(7,8)66-92(2,3)4;1-3-7-4(5)6-2;1-2;/h57H,1,58-61H2,2-56H3;3H,1H2,2H3;1-2H3;1H. The Bertz CT molecular complexity index is 3350. The average molecular weight is 2280 g/mol. The van der Waals surface area contributed by atoms with Crippen LogP contribution >= 0.6 is 0 Å². The highest BCUT2D eigenvalue weighted by Crippen LogP contribution is 2.38. The van der Waals surface area contributed by atoms with E-state index in [2.05, 4.69) is 243 Å². The van der Waals surface area contributed by atoms with Gasteiger partial charge in [-0.25, -0.2) is 9.59 Å². The number of hydrogen-bond donors (Lipinski definition) is 0. The zero-order valence-corrected chi connectivity index (χ0v) is 118. The van der Waals surface area contributed by atoms with Crippen LogP contribution in [0, 0.1) is 0 Å². The SMILES string of the molecule is C=COC(=O)OC.C=COC(=O)OCCCC[Si](C)(C)O[Si](C)(C)O[Si](C)(C)O[Si](C)(C)O[Si](C)(C)O[Si](C)(C)O[Si](C)(C)O[Si](C)(C)O[Si](C)(C)O[Si](C)(C)O[Si](C)(C)O[Si](C)(C)O[Si](C)(C)O[Si](C)(C)O[Si](C)(C)O[Si](C)(C)O[Si](C)(C)O[Si](C)(C)O[Si](C)(C)O[Si](C)(C)O[Si](C)(C)O[Si](C)(C)O[Si](C)(C)O[Si](C)(C)O[Si](C)(C)O[Si](C)(C)O[Si](C)(C)C.CC.[HH]. The van der Waals surface area contributed by atoms with Crippen molar-refractivity contribution in [3.8, 4) is 0 Å². The lowest BCUT2D eigenvalue weighted by molar-refractivity contribution is 0.0836. The van der Waals surface area contributed by atoms with Gasteiger partial charge in [0.2, 0.25) is 0 Å². The summed E-state index contributed by atoms with van der Waals surface area (Å²) in [5.74, 6) is 0. The fraction of sp³-hybridized carbons (Fsp3) is 0.912. The van der Waals surface area contributed by atoms with Crippen LogP contribution in [0.2, 0.25) is 366 Å². The van der Waals surface area contributed by atoms with Crippen LogP contribution in [0.5, 0.6) is 0 Å². The summed E-state index contributed by atoms with van der Waals surface area (Å²) in [6.07, 6.45) is 2.13. The molecule has 0 saturated carbocycles. The van der Waals surface area contributed by atoms with Gasteiger partial charge >= 0.3 is 226 Å². The Morgan fingerprint density at radius 3 is 0.449 bits per heavy atom. The molecule has 0 aromatic carbocycles. The summed E-state index contributed by atoms with van der Waals surface area (Å²) in [6.45, 7) is 125. The van der Waals surface area contributed by atoms with Gasteiger partial charge in [-0.05, 0) is 373 Å². The lowest BCUT2D eigenvalue weighted by Crippen LogP contribution is -2.63.